The van der Waals surface area contributed by atoms with E-state index in [4.69, 9.17) is 9.47 Å². The van der Waals surface area contributed by atoms with E-state index in [1.165, 1.54) is 0 Å². The summed E-state index contributed by atoms with van der Waals surface area (Å²) in [5.74, 6) is 0.247. The third-order valence-corrected chi connectivity index (χ3v) is 4.32. The van der Waals surface area contributed by atoms with E-state index in [1.807, 2.05) is 27.7 Å². The molecule has 1 aromatic heterocycles. The van der Waals surface area contributed by atoms with Gasteiger partial charge < -0.3 is 14.5 Å². The van der Waals surface area contributed by atoms with Crippen LogP contribution in [0.25, 0.3) is 22.4 Å². The molecular formula is C25H26F2IrNO2-. The molecule has 0 fully saturated rings. The smallest absolute Gasteiger partial charge is 0.161 e. The van der Waals surface area contributed by atoms with Crippen molar-refractivity contribution in [1.82, 2.24) is 4.98 Å². The fourth-order valence-corrected chi connectivity index (χ4v) is 2.87. The summed E-state index contributed by atoms with van der Waals surface area (Å²) in [4.78, 5) is 4.16. The summed E-state index contributed by atoms with van der Waals surface area (Å²) in [5, 5.41) is 0. The van der Waals surface area contributed by atoms with Gasteiger partial charge in [0.1, 0.15) is 0 Å². The summed E-state index contributed by atoms with van der Waals surface area (Å²) in [6.45, 7) is 9.15. The number of benzene rings is 2. The number of ether oxygens (including phenoxy) is 2. The van der Waals surface area contributed by atoms with E-state index in [9.17, 15) is 4.39 Å². The van der Waals surface area contributed by atoms with Crippen LogP contribution in [0.1, 0.15) is 27.7 Å². The van der Waals surface area contributed by atoms with E-state index in [0.717, 1.165) is 6.07 Å². The van der Waals surface area contributed by atoms with Gasteiger partial charge in [-0.15, -0.1) is 12.1 Å². The summed E-state index contributed by atoms with van der Waals surface area (Å²) in [7, 11) is 0. The molecule has 0 amide bonds. The van der Waals surface area contributed by atoms with Gasteiger partial charge >= 0.3 is 0 Å². The third kappa shape index (κ3) is 6.34. The number of rotatable bonds is 8. The number of nitrogens with zero attached hydrogens (tertiary/aromatic N) is 1. The molecule has 1 heterocycles. The molecule has 0 atom stereocenters. The summed E-state index contributed by atoms with van der Waals surface area (Å²) in [6.07, 6.45) is 1.56. The molecule has 0 aliphatic heterocycles. The minimum absolute atomic E-state index is 0. The standard InChI is InChI=1S/C25H26F2NO2.Ir/c1-16(2)14-29-22-11-8-18(13-23(22)30-15-17(3)4)24-20(26)10-9-19(25(24)27)21-7-5-6-12-28-21;/h5-8,10-13,16-17H,14-15H2,1-4H3;/q-1;. The Bertz CT molecular complexity index is 994. The van der Waals surface area contributed by atoms with Crippen molar-refractivity contribution in [3.8, 4) is 33.9 Å². The van der Waals surface area contributed by atoms with Gasteiger partial charge in [0.05, 0.1) is 13.2 Å². The van der Waals surface area contributed by atoms with Gasteiger partial charge in [-0.25, -0.2) is 0 Å². The number of pyridine rings is 1. The Hall–Kier alpha value is -2.30. The molecule has 3 rings (SSSR count). The molecule has 0 aliphatic rings. The molecule has 6 heteroatoms. The molecule has 0 aliphatic carbocycles. The van der Waals surface area contributed by atoms with Crippen LogP contribution < -0.4 is 9.47 Å². The number of halogens is 2. The summed E-state index contributed by atoms with van der Waals surface area (Å²) in [5.41, 5.74) is 0.743. The maximum Gasteiger partial charge on any atom is 0.161 e. The SMILES string of the molecule is CC(C)COc1ccc(-c2c(F)c[c-]c(-c3ccccn3)c2F)cc1OCC(C)C.[Ir]. The molecule has 2 aromatic carbocycles. The zero-order valence-electron chi connectivity index (χ0n) is 18.0. The van der Waals surface area contributed by atoms with Crippen molar-refractivity contribution in [3.05, 3.63) is 66.4 Å². The first-order valence-corrected chi connectivity index (χ1v) is 10.1. The molecule has 3 aromatic rings. The molecule has 0 bridgehead atoms. The second kappa shape index (κ2) is 11.4. The van der Waals surface area contributed by atoms with Crippen molar-refractivity contribution >= 4 is 0 Å². The molecule has 0 unspecified atom stereocenters. The maximum absolute atomic E-state index is 15.3. The molecule has 0 spiro atoms. The van der Waals surface area contributed by atoms with Crippen molar-refractivity contribution in [2.45, 2.75) is 27.7 Å². The van der Waals surface area contributed by atoms with E-state index in [2.05, 4.69) is 11.1 Å². The largest absolute Gasteiger partial charge is 0.489 e. The van der Waals surface area contributed by atoms with Gasteiger partial charge in [0.2, 0.25) is 0 Å². The quantitative estimate of drug-likeness (QED) is 0.274. The summed E-state index contributed by atoms with van der Waals surface area (Å²) in [6, 6.07) is 13.9. The molecule has 3 nitrogen and oxygen atoms in total. The van der Waals surface area contributed by atoms with Crippen LogP contribution >= 0.6 is 0 Å². The van der Waals surface area contributed by atoms with Gasteiger partial charge in [-0.05, 0) is 46.9 Å². The van der Waals surface area contributed by atoms with E-state index in [1.54, 1.807) is 42.6 Å². The predicted molar refractivity (Wildman–Crippen MR) is 115 cm³/mol. The average molecular weight is 603 g/mol. The molecule has 0 saturated carbocycles. The van der Waals surface area contributed by atoms with Crippen LogP contribution in [-0.4, -0.2) is 18.2 Å². The van der Waals surface area contributed by atoms with Gasteiger partial charge in [-0.1, -0.05) is 51.5 Å². The Balaban J connectivity index is 0.00000341. The first kappa shape index (κ1) is 25.0. The zero-order chi connectivity index (χ0) is 21.7. The van der Waals surface area contributed by atoms with Crippen LogP contribution in [0.5, 0.6) is 11.5 Å². The van der Waals surface area contributed by atoms with Gasteiger partial charge in [0.25, 0.3) is 0 Å². The Labute approximate surface area is 196 Å². The van der Waals surface area contributed by atoms with E-state index >= 15 is 4.39 Å². The van der Waals surface area contributed by atoms with Crippen molar-refractivity contribution in [3.63, 3.8) is 0 Å². The van der Waals surface area contributed by atoms with Gasteiger partial charge in [0, 0.05) is 37.9 Å². The first-order valence-electron chi connectivity index (χ1n) is 10.1. The number of aromatic nitrogens is 1. The van der Waals surface area contributed by atoms with E-state index in [0.29, 0.717) is 47.8 Å². The van der Waals surface area contributed by atoms with Crippen LogP contribution in [0.15, 0.2) is 48.7 Å². The molecular weight excluding hydrogens is 576 g/mol. The van der Waals surface area contributed by atoms with Crippen LogP contribution in [0.2, 0.25) is 0 Å². The van der Waals surface area contributed by atoms with E-state index < -0.39 is 11.6 Å². The zero-order valence-corrected chi connectivity index (χ0v) is 20.4. The minimum atomic E-state index is -0.709. The fourth-order valence-electron chi connectivity index (χ4n) is 2.87. The van der Waals surface area contributed by atoms with Crippen molar-refractivity contribution in [1.29, 1.82) is 0 Å². The monoisotopic (exact) mass is 603 g/mol. The Kier molecular flexibility index (Phi) is 9.14. The van der Waals surface area contributed by atoms with Crippen LogP contribution in [0.3, 0.4) is 0 Å². The first-order chi connectivity index (χ1) is 14.4. The van der Waals surface area contributed by atoms with Gasteiger partial charge in [0.15, 0.2) is 11.5 Å². The predicted octanol–water partition coefficient (Wildman–Crippen LogP) is 6.56. The minimum Gasteiger partial charge on any atom is -0.489 e. The normalized spacial score (nSPS) is 10.8. The fraction of sp³-hybridized carbons (Fsp3) is 0.320. The van der Waals surface area contributed by atoms with Crippen LogP contribution in [-0.2, 0) is 20.1 Å². The van der Waals surface area contributed by atoms with Crippen molar-refractivity contribution in [2.24, 2.45) is 11.8 Å². The van der Waals surface area contributed by atoms with Crippen molar-refractivity contribution < 1.29 is 38.4 Å². The molecule has 0 N–H and O–H groups in total. The molecule has 1 radical (unpaired) electrons. The topological polar surface area (TPSA) is 31.4 Å². The molecule has 31 heavy (non-hydrogen) atoms. The third-order valence-electron chi connectivity index (χ3n) is 4.32. The second-order valence-electron chi connectivity index (χ2n) is 7.99. The van der Waals surface area contributed by atoms with Gasteiger partial charge in [-0.3, -0.25) is 8.78 Å². The average Bonchev–Trinajstić information content (AvgIpc) is 2.72. The Morgan fingerprint density at radius 3 is 2.23 bits per heavy atom. The van der Waals surface area contributed by atoms with Crippen molar-refractivity contribution in [2.75, 3.05) is 13.2 Å². The summed E-state index contributed by atoms with van der Waals surface area (Å²) < 4.78 is 41.7. The number of hydrogen-bond donors (Lipinski definition) is 0. The number of hydrogen-bond acceptors (Lipinski definition) is 3. The molecule has 0 saturated heterocycles. The Morgan fingerprint density at radius 1 is 0.935 bits per heavy atom. The summed E-state index contributed by atoms with van der Waals surface area (Å²) >= 11 is 0. The van der Waals surface area contributed by atoms with E-state index in [-0.39, 0.29) is 31.2 Å². The molecule has 167 valence electrons. The van der Waals surface area contributed by atoms with Crippen LogP contribution in [0.4, 0.5) is 8.78 Å². The van der Waals surface area contributed by atoms with Crippen LogP contribution in [0, 0.1) is 29.5 Å². The van der Waals surface area contributed by atoms with Gasteiger partial charge in [-0.2, -0.15) is 0 Å². The maximum atomic E-state index is 15.3. The second-order valence-corrected chi connectivity index (χ2v) is 7.99. The Morgan fingerprint density at radius 2 is 1.61 bits per heavy atom.